The molecule has 5 nitrogen and oxygen atoms in total. The zero-order chi connectivity index (χ0) is 18.6. The Balaban J connectivity index is 1.83. The lowest BCUT2D eigenvalue weighted by molar-refractivity contribution is -0.146. The molecule has 0 aliphatic carbocycles. The van der Waals surface area contributed by atoms with Crippen molar-refractivity contribution >= 4 is 17.7 Å². The molecule has 0 atom stereocenters. The van der Waals surface area contributed by atoms with Crippen LogP contribution in [0.15, 0.2) is 59.5 Å². The van der Waals surface area contributed by atoms with E-state index in [9.17, 15) is 4.79 Å². The van der Waals surface area contributed by atoms with Gasteiger partial charge in [-0.1, -0.05) is 24.3 Å². The fourth-order valence-corrected chi connectivity index (χ4v) is 4.82. The SMILES string of the molecule is COC(=O)C1(Sc2cccc(Oc3ccccc3)c2)CN(C)CN(C)C1. The molecule has 6 heteroatoms. The lowest BCUT2D eigenvalue weighted by atomic mass is 10.1. The number of ether oxygens (including phenoxy) is 2. The number of nitrogens with zero attached hydrogens (tertiary/aromatic N) is 2. The van der Waals surface area contributed by atoms with Crippen LogP contribution in [0.4, 0.5) is 0 Å². The molecule has 1 saturated heterocycles. The summed E-state index contributed by atoms with van der Waals surface area (Å²) in [6.45, 7) is 2.10. The maximum Gasteiger partial charge on any atom is 0.324 e. The van der Waals surface area contributed by atoms with E-state index < -0.39 is 4.75 Å². The molecule has 0 spiro atoms. The molecular formula is C20H24N2O3S. The molecule has 138 valence electrons. The molecule has 1 heterocycles. The maximum atomic E-state index is 12.6. The summed E-state index contributed by atoms with van der Waals surface area (Å²) < 4.78 is 10.4. The second kappa shape index (κ2) is 8.12. The number of hydrogen-bond donors (Lipinski definition) is 0. The predicted molar refractivity (Wildman–Crippen MR) is 104 cm³/mol. The minimum atomic E-state index is -0.665. The highest BCUT2D eigenvalue weighted by molar-refractivity contribution is 8.01. The van der Waals surface area contributed by atoms with Gasteiger partial charge in [0.15, 0.2) is 0 Å². The van der Waals surface area contributed by atoms with Gasteiger partial charge < -0.3 is 9.47 Å². The van der Waals surface area contributed by atoms with Crippen molar-refractivity contribution in [2.45, 2.75) is 9.64 Å². The average molecular weight is 372 g/mol. The third kappa shape index (κ3) is 4.38. The molecule has 0 saturated carbocycles. The summed E-state index contributed by atoms with van der Waals surface area (Å²) >= 11 is 1.54. The third-order valence-corrected chi connectivity index (χ3v) is 5.49. The van der Waals surface area contributed by atoms with Crippen LogP contribution in [0.3, 0.4) is 0 Å². The van der Waals surface area contributed by atoms with Crippen LogP contribution in [-0.2, 0) is 9.53 Å². The van der Waals surface area contributed by atoms with Crippen molar-refractivity contribution in [3.63, 3.8) is 0 Å². The van der Waals surface area contributed by atoms with Crippen LogP contribution in [-0.4, -0.2) is 61.5 Å². The van der Waals surface area contributed by atoms with Crippen LogP contribution in [0.25, 0.3) is 0 Å². The summed E-state index contributed by atoms with van der Waals surface area (Å²) in [5.41, 5.74) is 0. The van der Waals surface area contributed by atoms with Gasteiger partial charge in [-0.25, -0.2) is 0 Å². The average Bonchev–Trinajstić information content (AvgIpc) is 2.61. The number of carbonyl (C=O) groups excluding carboxylic acids is 1. The number of thioether (sulfide) groups is 1. The maximum absolute atomic E-state index is 12.6. The smallest absolute Gasteiger partial charge is 0.324 e. The van der Waals surface area contributed by atoms with Gasteiger partial charge in [0.05, 0.1) is 13.8 Å². The Morgan fingerprint density at radius 1 is 1.00 bits per heavy atom. The number of para-hydroxylation sites is 1. The van der Waals surface area contributed by atoms with Crippen LogP contribution in [0.1, 0.15) is 0 Å². The number of carbonyl (C=O) groups is 1. The first-order valence-corrected chi connectivity index (χ1v) is 9.30. The van der Waals surface area contributed by atoms with E-state index in [1.54, 1.807) is 0 Å². The first-order chi connectivity index (χ1) is 12.5. The van der Waals surface area contributed by atoms with E-state index in [0.717, 1.165) is 23.1 Å². The van der Waals surface area contributed by atoms with E-state index in [0.29, 0.717) is 13.1 Å². The van der Waals surface area contributed by atoms with Gasteiger partial charge in [-0.2, -0.15) is 0 Å². The molecule has 0 amide bonds. The monoisotopic (exact) mass is 372 g/mol. The number of esters is 1. The van der Waals surface area contributed by atoms with Gasteiger partial charge in [0.25, 0.3) is 0 Å². The normalized spacial score (nSPS) is 17.7. The standard InChI is InChI=1S/C20H24N2O3S/c1-21-13-20(19(23)24-3,14-22(2)15-21)26-18-11-7-10-17(12-18)25-16-8-5-4-6-9-16/h4-12H,13-15H2,1-3H3. The summed E-state index contributed by atoms with van der Waals surface area (Å²) in [7, 11) is 5.49. The fraction of sp³-hybridized carbons (Fsp3) is 0.350. The van der Waals surface area contributed by atoms with Crippen molar-refractivity contribution < 1.29 is 14.3 Å². The Morgan fingerprint density at radius 2 is 1.65 bits per heavy atom. The molecule has 0 aromatic heterocycles. The summed E-state index contributed by atoms with van der Waals surface area (Å²) in [6.07, 6.45) is 0. The first kappa shape index (κ1) is 18.8. The van der Waals surface area contributed by atoms with Crippen LogP contribution in [0.5, 0.6) is 11.5 Å². The van der Waals surface area contributed by atoms with Crippen LogP contribution in [0, 0.1) is 0 Å². The number of benzene rings is 2. The molecule has 0 radical (unpaired) electrons. The fourth-order valence-electron chi connectivity index (χ4n) is 3.31. The lowest BCUT2D eigenvalue weighted by Gasteiger charge is -2.43. The zero-order valence-electron chi connectivity index (χ0n) is 15.3. The molecule has 1 aliphatic heterocycles. The molecule has 2 aromatic rings. The molecule has 2 aromatic carbocycles. The van der Waals surface area contributed by atoms with Crippen molar-refractivity contribution in [1.82, 2.24) is 9.80 Å². The lowest BCUT2D eigenvalue weighted by Crippen LogP contribution is -2.59. The number of rotatable bonds is 5. The molecule has 0 unspecified atom stereocenters. The molecule has 1 fully saturated rings. The van der Waals surface area contributed by atoms with Gasteiger partial charge in [0, 0.05) is 18.0 Å². The highest BCUT2D eigenvalue weighted by atomic mass is 32.2. The second-order valence-electron chi connectivity index (χ2n) is 6.65. The molecule has 0 N–H and O–H groups in total. The Morgan fingerprint density at radius 3 is 2.31 bits per heavy atom. The van der Waals surface area contributed by atoms with Gasteiger partial charge in [-0.15, -0.1) is 11.8 Å². The molecule has 1 aliphatic rings. The topological polar surface area (TPSA) is 42.0 Å². The minimum Gasteiger partial charge on any atom is -0.468 e. The Hall–Kier alpha value is -2.02. The van der Waals surface area contributed by atoms with E-state index in [-0.39, 0.29) is 5.97 Å². The third-order valence-electron chi connectivity index (χ3n) is 4.19. The van der Waals surface area contributed by atoms with Crippen molar-refractivity contribution in [3.05, 3.63) is 54.6 Å². The van der Waals surface area contributed by atoms with Gasteiger partial charge in [0.1, 0.15) is 16.2 Å². The quantitative estimate of drug-likeness (QED) is 0.750. The first-order valence-electron chi connectivity index (χ1n) is 8.48. The van der Waals surface area contributed by atoms with E-state index in [1.807, 2.05) is 68.7 Å². The highest BCUT2D eigenvalue weighted by Gasteiger charge is 2.45. The minimum absolute atomic E-state index is 0.199. The van der Waals surface area contributed by atoms with Crippen LogP contribution >= 0.6 is 11.8 Å². The summed E-state index contributed by atoms with van der Waals surface area (Å²) in [5, 5.41) is 0. The van der Waals surface area contributed by atoms with Crippen molar-refractivity contribution in [3.8, 4) is 11.5 Å². The summed E-state index contributed by atoms with van der Waals surface area (Å²) in [6, 6.07) is 17.5. The summed E-state index contributed by atoms with van der Waals surface area (Å²) in [5.74, 6) is 1.34. The van der Waals surface area contributed by atoms with Gasteiger partial charge in [-0.05, 0) is 44.4 Å². The Bertz CT molecular complexity index is 744. The van der Waals surface area contributed by atoms with Gasteiger partial charge >= 0.3 is 5.97 Å². The Labute approximate surface area is 158 Å². The van der Waals surface area contributed by atoms with Crippen molar-refractivity contribution in [2.24, 2.45) is 0 Å². The van der Waals surface area contributed by atoms with E-state index >= 15 is 0 Å². The number of methoxy groups -OCH3 is 1. The highest BCUT2D eigenvalue weighted by Crippen LogP contribution is 2.39. The van der Waals surface area contributed by atoms with E-state index in [2.05, 4.69) is 9.80 Å². The summed E-state index contributed by atoms with van der Waals surface area (Å²) in [4.78, 5) is 17.9. The van der Waals surface area contributed by atoms with Crippen LogP contribution < -0.4 is 4.74 Å². The molecule has 3 rings (SSSR count). The molecule has 0 bridgehead atoms. The van der Waals surface area contributed by atoms with Crippen molar-refractivity contribution in [1.29, 1.82) is 0 Å². The van der Waals surface area contributed by atoms with Gasteiger partial charge in [0.2, 0.25) is 0 Å². The van der Waals surface area contributed by atoms with Crippen molar-refractivity contribution in [2.75, 3.05) is 41.0 Å². The Kier molecular flexibility index (Phi) is 5.86. The predicted octanol–water partition coefficient (Wildman–Crippen LogP) is 3.32. The van der Waals surface area contributed by atoms with Gasteiger partial charge in [-0.3, -0.25) is 14.6 Å². The second-order valence-corrected chi connectivity index (χ2v) is 8.10. The largest absolute Gasteiger partial charge is 0.468 e. The number of hydrogen-bond acceptors (Lipinski definition) is 6. The van der Waals surface area contributed by atoms with Crippen LogP contribution in [0.2, 0.25) is 0 Å². The molecular weight excluding hydrogens is 348 g/mol. The van der Waals surface area contributed by atoms with E-state index in [4.69, 9.17) is 9.47 Å². The van der Waals surface area contributed by atoms with E-state index in [1.165, 1.54) is 18.9 Å². The zero-order valence-corrected chi connectivity index (χ0v) is 16.2. The molecule has 26 heavy (non-hydrogen) atoms.